The third-order valence-electron chi connectivity index (χ3n) is 17.9. The van der Waals surface area contributed by atoms with Gasteiger partial charge >= 0.3 is 0 Å². The molecule has 3 aromatic heterocycles. The summed E-state index contributed by atoms with van der Waals surface area (Å²) in [4.78, 5) is 29.0. The third-order valence-corrected chi connectivity index (χ3v) is 17.9. The van der Waals surface area contributed by atoms with Gasteiger partial charge in [0.25, 0.3) is 0 Å². The van der Waals surface area contributed by atoms with Gasteiger partial charge in [0.1, 0.15) is 0 Å². The van der Waals surface area contributed by atoms with Gasteiger partial charge in [-0.2, -0.15) is 0 Å². The fourth-order valence-corrected chi connectivity index (χ4v) is 10.6. The first-order chi connectivity index (χ1) is 51.0. The van der Waals surface area contributed by atoms with Crippen LogP contribution in [0.4, 0.5) is 0 Å². The molecule has 12 rings (SSSR count). The maximum absolute atomic E-state index is 9.76. The first-order valence-electron chi connectivity index (χ1n) is 37.0. The van der Waals surface area contributed by atoms with E-state index in [0.29, 0.717) is 19.3 Å². The van der Waals surface area contributed by atoms with Gasteiger partial charge < -0.3 is 45.6 Å². The van der Waals surface area contributed by atoms with Crippen molar-refractivity contribution < 1.29 is 91.0 Å². The molecule has 0 aliphatic rings. The Morgan fingerprint density at radius 1 is 0.300 bits per heavy atom. The molecular formula is C95H109Ir3N6O6-3. The van der Waals surface area contributed by atoms with E-state index in [4.69, 9.17) is 45.2 Å². The van der Waals surface area contributed by atoms with Gasteiger partial charge in [0, 0.05) is 119 Å². The van der Waals surface area contributed by atoms with Crippen LogP contribution in [0.1, 0.15) is 132 Å². The Hall–Kier alpha value is -8.07. The molecule has 585 valence electrons. The maximum atomic E-state index is 9.76. The monoisotopic (exact) mass is 2010 g/mol. The third kappa shape index (κ3) is 30.5. The number of aliphatic hydroxyl groups excluding tert-OH is 6. The van der Waals surface area contributed by atoms with E-state index in [1.165, 1.54) is 16.7 Å². The molecule has 0 amide bonds. The summed E-state index contributed by atoms with van der Waals surface area (Å²) < 4.78 is 0. The van der Waals surface area contributed by atoms with Crippen molar-refractivity contribution in [3.63, 3.8) is 0 Å². The molecule has 0 aliphatic carbocycles. The van der Waals surface area contributed by atoms with Crippen molar-refractivity contribution >= 4 is 0 Å². The minimum atomic E-state index is -0.443. The Labute approximate surface area is 695 Å². The topological polar surface area (TPSA) is 199 Å². The molecule has 9 aromatic carbocycles. The van der Waals surface area contributed by atoms with Crippen LogP contribution in [-0.4, -0.2) is 97.2 Å². The number of nitrogens with zero attached hydrogens (tertiary/aromatic N) is 6. The van der Waals surface area contributed by atoms with Crippen molar-refractivity contribution in [3.8, 4) is 101 Å². The molecule has 0 saturated heterocycles. The van der Waals surface area contributed by atoms with Crippen LogP contribution in [0.5, 0.6) is 0 Å². The van der Waals surface area contributed by atoms with E-state index in [2.05, 4.69) is 148 Å². The number of aryl methyl sites for hydroxylation is 3. The molecule has 12 aromatic rings. The van der Waals surface area contributed by atoms with Crippen molar-refractivity contribution in [2.24, 2.45) is 16.2 Å². The van der Waals surface area contributed by atoms with E-state index in [0.717, 1.165) is 114 Å². The molecule has 15 heteroatoms. The Morgan fingerprint density at radius 3 is 0.755 bits per heavy atom. The van der Waals surface area contributed by atoms with Gasteiger partial charge in [-0.3, -0.25) is 15.0 Å². The Balaban J connectivity index is 0.000000290. The van der Waals surface area contributed by atoms with Crippen LogP contribution in [0.2, 0.25) is 0 Å². The summed E-state index contributed by atoms with van der Waals surface area (Å²) in [6.45, 7) is 29.5. The molecule has 6 unspecified atom stereocenters. The van der Waals surface area contributed by atoms with Gasteiger partial charge in [0.05, 0.1) is 70.8 Å². The molecule has 0 spiro atoms. The standard InChI is InChI=1S/3C23H17N2.C11H24O2.C8H18O2.C7H16O2.3Ir/c3*1-17-12-14-18(15-13-17)21-16-24-22(19-8-4-2-5-9-19)23(25-21)20-10-6-3-7-11-20;1-10(2,3)8(12)7-9(13)11(4,5)6;1-6(9)5-7(10)8(2,3)4;1-3-6(8)5-7(9)4-2;;;/h3*2-8,10-16H,1H3;8-9,12-13H,7H2,1-6H3;6-7,9-10H,5H2,1-4H3;6-9H,3-5H2,1-2H3;;;/q3*-1;;;;;;. The number of aliphatic hydroxyl groups is 6. The Bertz CT molecular complexity index is 4110. The van der Waals surface area contributed by atoms with E-state index in [-0.39, 0.29) is 88.8 Å². The zero-order chi connectivity index (χ0) is 77.7. The summed E-state index contributed by atoms with van der Waals surface area (Å²) in [5.41, 5.74) is 20.3. The number of hydrogen-bond acceptors (Lipinski definition) is 12. The van der Waals surface area contributed by atoms with Crippen LogP contribution in [-0.2, 0) is 60.3 Å². The average molecular weight is 2010 g/mol. The second-order valence-electron chi connectivity index (χ2n) is 30.2. The van der Waals surface area contributed by atoms with Crippen LogP contribution in [0.15, 0.2) is 255 Å². The number of rotatable bonds is 17. The van der Waals surface area contributed by atoms with E-state index < -0.39 is 24.4 Å². The number of aromatic nitrogens is 6. The first-order valence-corrected chi connectivity index (χ1v) is 37.0. The molecule has 0 fully saturated rings. The number of benzene rings is 9. The van der Waals surface area contributed by atoms with Gasteiger partial charge in [-0.15, -0.1) is 108 Å². The molecule has 110 heavy (non-hydrogen) atoms. The van der Waals surface area contributed by atoms with Crippen molar-refractivity contribution in [2.45, 2.75) is 173 Å². The molecule has 0 bridgehead atoms. The molecule has 12 nitrogen and oxygen atoms in total. The number of hydrogen-bond donors (Lipinski definition) is 6. The molecule has 3 radical (unpaired) electrons. The van der Waals surface area contributed by atoms with Crippen molar-refractivity contribution in [1.29, 1.82) is 0 Å². The van der Waals surface area contributed by atoms with Crippen molar-refractivity contribution in [2.75, 3.05) is 0 Å². The van der Waals surface area contributed by atoms with Gasteiger partial charge in [-0.25, -0.2) is 0 Å². The zero-order valence-electron chi connectivity index (χ0n) is 66.1. The Kier molecular flexibility index (Phi) is 40.0. The zero-order valence-corrected chi connectivity index (χ0v) is 73.3. The average Bonchev–Trinajstić information content (AvgIpc) is 0.808. The van der Waals surface area contributed by atoms with Gasteiger partial charge in [0.15, 0.2) is 0 Å². The molecular weight excluding hydrogens is 1900 g/mol. The van der Waals surface area contributed by atoms with Crippen LogP contribution < -0.4 is 0 Å². The van der Waals surface area contributed by atoms with Gasteiger partial charge in [0.2, 0.25) is 0 Å². The molecule has 6 atom stereocenters. The summed E-state index contributed by atoms with van der Waals surface area (Å²) in [6.07, 6.45) is 6.08. The SMILES string of the molecule is CC(C)(C)C(O)CC(O)C(C)(C)C.CC(O)CC(O)C(C)(C)C.CCC(O)CC(O)CC.Cc1ccc(-c2cnc(-c3[c-]cccc3)c(-c3ccccc3)n2)cc1.Cc1ccc(-c2cnc(-c3[c-]cccc3)c(-c3ccccc3)n2)cc1.Cc1ccc(-c2cnc(-c3[c-]cccc3)c(-c3ccccc3)n2)cc1.[Ir].[Ir].[Ir]. The summed E-state index contributed by atoms with van der Waals surface area (Å²) in [7, 11) is 0. The molecule has 0 aliphatic heterocycles. The van der Waals surface area contributed by atoms with Crippen LogP contribution in [0, 0.1) is 55.2 Å². The van der Waals surface area contributed by atoms with Crippen molar-refractivity contribution in [3.05, 3.63) is 290 Å². The second kappa shape index (κ2) is 46.7. The van der Waals surface area contributed by atoms with E-state index in [9.17, 15) is 15.3 Å². The second-order valence-corrected chi connectivity index (χ2v) is 30.2. The maximum Gasteiger partial charge on any atom is 0.0873 e. The quantitative estimate of drug-likeness (QED) is 0.0472. The minimum absolute atomic E-state index is 0. The summed E-state index contributed by atoms with van der Waals surface area (Å²) in [5.74, 6) is 0. The minimum Gasteiger partial charge on any atom is -0.393 e. The van der Waals surface area contributed by atoms with Crippen LogP contribution >= 0.6 is 0 Å². The van der Waals surface area contributed by atoms with E-state index in [1.54, 1.807) is 6.92 Å². The summed E-state index contributed by atoms with van der Waals surface area (Å²) >= 11 is 0. The summed E-state index contributed by atoms with van der Waals surface area (Å²) in [5, 5.41) is 55.8. The molecule has 6 N–H and O–H groups in total. The predicted octanol–water partition coefficient (Wildman–Crippen LogP) is 21.0. The fraction of sp³-hybridized carbons (Fsp3) is 0.305. The first kappa shape index (κ1) is 94.3. The molecule has 3 heterocycles. The largest absolute Gasteiger partial charge is 0.393 e. The predicted molar refractivity (Wildman–Crippen MR) is 440 cm³/mol. The van der Waals surface area contributed by atoms with Gasteiger partial charge in [-0.05, 0) is 86.3 Å². The van der Waals surface area contributed by atoms with Crippen LogP contribution in [0.25, 0.3) is 101 Å². The summed E-state index contributed by atoms with van der Waals surface area (Å²) in [6, 6.07) is 89.0. The smallest absolute Gasteiger partial charge is 0.0873 e. The Morgan fingerprint density at radius 2 is 0.545 bits per heavy atom. The van der Waals surface area contributed by atoms with E-state index in [1.807, 2.05) is 222 Å². The van der Waals surface area contributed by atoms with Crippen molar-refractivity contribution in [1.82, 2.24) is 29.9 Å². The normalized spacial score (nSPS) is 12.5. The fourth-order valence-electron chi connectivity index (χ4n) is 10.6. The van der Waals surface area contributed by atoms with Crippen LogP contribution in [0.3, 0.4) is 0 Å². The molecule has 0 saturated carbocycles. The van der Waals surface area contributed by atoms with E-state index >= 15 is 0 Å². The van der Waals surface area contributed by atoms with Gasteiger partial charge in [-0.1, -0.05) is 257 Å².